The Kier molecular flexibility index (Phi) is 3.50. The number of hydrogen-bond donors (Lipinski definition) is 1. The van der Waals surface area contributed by atoms with Gasteiger partial charge in [0.15, 0.2) is 5.11 Å². The standard InChI is InChI=1S/C15H20N2S/c18-15(16-14-4-2-1-3-5-14)17(10-12-6-7-12)11-13-8-9-13/h1-5,12-13H,6-11H2,(H,16,18). The van der Waals surface area contributed by atoms with E-state index in [1.165, 1.54) is 25.7 Å². The minimum atomic E-state index is 0.888. The molecule has 3 rings (SSSR count). The predicted molar refractivity (Wildman–Crippen MR) is 79.7 cm³/mol. The highest BCUT2D eigenvalue weighted by Gasteiger charge is 2.30. The number of hydrogen-bond acceptors (Lipinski definition) is 1. The zero-order chi connectivity index (χ0) is 12.4. The average molecular weight is 260 g/mol. The summed E-state index contributed by atoms with van der Waals surface area (Å²) in [6, 6.07) is 10.2. The topological polar surface area (TPSA) is 15.3 Å². The Hall–Kier alpha value is -1.09. The summed E-state index contributed by atoms with van der Waals surface area (Å²) < 4.78 is 0. The summed E-state index contributed by atoms with van der Waals surface area (Å²) in [4.78, 5) is 2.39. The Labute approximate surface area is 114 Å². The molecule has 2 fully saturated rings. The number of thiocarbonyl (C=S) groups is 1. The molecule has 3 heteroatoms. The number of para-hydroxylation sites is 1. The van der Waals surface area contributed by atoms with Gasteiger partial charge in [0.2, 0.25) is 0 Å². The first-order chi connectivity index (χ1) is 8.81. The Balaban J connectivity index is 1.59. The molecule has 2 saturated carbocycles. The van der Waals surface area contributed by atoms with Gasteiger partial charge in [-0.2, -0.15) is 0 Å². The lowest BCUT2D eigenvalue weighted by atomic mass is 10.3. The third kappa shape index (κ3) is 3.45. The lowest BCUT2D eigenvalue weighted by Crippen LogP contribution is -2.37. The second kappa shape index (κ2) is 5.27. The highest BCUT2D eigenvalue weighted by molar-refractivity contribution is 7.80. The van der Waals surface area contributed by atoms with Gasteiger partial charge in [-0.05, 0) is 61.9 Å². The molecular weight excluding hydrogens is 240 g/mol. The van der Waals surface area contributed by atoms with E-state index >= 15 is 0 Å². The second-order valence-corrected chi connectivity index (χ2v) is 5.97. The van der Waals surface area contributed by atoms with E-state index in [1.54, 1.807) is 0 Å². The molecule has 0 radical (unpaired) electrons. The summed E-state index contributed by atoms with van der Waals surface area (Å²) in [5.74, 6) is 1.78. The summed E-state index contributed by atoms with van der Waals surface area (Å²) in [5.41, 5.74) is 1.10. The summed E-state index contributed by atoms with van der Waals surface area (Å²) >= 11 is 5.56. The Morgan fingerprint density at radius 2 is 1.61 bits per heavy atom. The molecule has 0 spiro atoms. The van der Waals surface area contributed by atoms with Gasteiger partial charge in [0.25, 0.3) is 0 Å². The van der Waals surface area contributed by atoms with Crippen molar-refractivity contribution in [1.82, 2.24) is 4.90 Å². The maximum absolute atomic E-state index is 5.56. The monoisotopic (exact) mass is 260 g/mol. The molecule has 0 atom stereocenters. The largest absolute Gasteiger partial charge is 0.348 e. The maximum atomic E-state index is 5.56. The van der Waals surface area contributed by atoms with Crippen molar-refractivity contribution in [3.8, 4) is 0 Å². The van der Waals surface area contributed by atoms with Crippen molar-refractivity contribution >= 4 is 23.0 Å². The van der Waals surface area contributed by atoms with Crippen LogP contribution in [-0.4, -0.2) is 23.1 Å². The van der Waals surface area contributed by atoms with Gasteiger partial charge in [-0.25, -0.2) is 0 Å². The fraction of sp³-hybridized carbons (Fsp3) is 0.533. The molecule has 0 aliphatic heterocycles. The summed E-state index contributed by atoms with van der Waals surface area (Å²) in [7, 11) is 0. The van der Waals surface area contributed by atoms with Gasteiger partial charge in [0.05, 0.1) is 0 Å². The highest BCUT2D eigenvalue weighted by Crippen LogP contribution is 2.33. The summed E-state index contributed by atoms with van der Waals surface area (Å²) in [6.07, 6.45) is 5.54. The number of anilines is 1. The predicted octanol–water partition coefficient (Wildman–Crippen LogP) is 3.51. The van der Waals surface area contributed by atoms with E-state index in [-0.39, 0.29) is 0 Å². The van der Waals surface area contributed by atoms with Crippen molar-refractivity contribution in [3.63, 3.8) is 0 Å². The SMILES string of the molecule is S=C(Nc1ccccc1)N(CC1CC1)CC1CC1. The molecule has 1 N–H and O–H groups in total. The zero-order valence-electron chi connectivity index (χ0n) is 10.6. The van der Waals surface area contributed by atoms with Gasteiger partial charge in [-0.1, -0.05) is 18.2 Å². The van der Waals surface area contributed by atoms with E-state index in [0.29, 0.717) is 0 Å². The van der Waals surface area contributed by atoms with Crippen molar-refractivity contribution in [2.24, 2.45) is 11.8 Å². The minimum absolute atomic E-state index is 0.888. The minimum Gasteiger partial charge on any atom is -0.348 e. The van der Waals surface area contributed by atoms with Crippen LogP contribution in [0.3, 0.4) is 0 Å². The Morgan fingerprint density at radius 1 is 1.06 bits per heavy atom. The number of rotatable bonds is 5. The lowest BCUT2D eigenvalue weighted by molar-refractivity contribution is 0.388. The van der Waals surface area contributed by atoms with Crippen molar-refractivity contribution in [3.05, 3.63) is 30.3 Å². The molecule has 0 heterocycles. The normalized spacial score (nSPS) is 18.4. The molecule has 1 aromatic carbocycles. The van der Waals surface area contributed by atoms with Crippen LogP contribution in [0.1, 0.15) is 25.7 Å². The third-order valence-electron chi connectivity index (χ3n) is 3.66. The molecule has 2 nitrogen and oxygen atoms in total. The van der Waals surface area contributed by atoms with Gasteiger partial charge in [0.1, 0.15) is 0 Å². The van der Waals surface area contributed by atoms with E-state index in [1.807, 2.05) is 18.2 Å². The third-order valence-corrected chi connectivity index (χ3v) is 4.02. The lowest BCUT2D eigenvalue weighted by Gasteiger charge is -2.26. The van der Waals surface area contributed by atoms with Crippen molar-refractivity contribution in [2.75, 3.05) is 18.4 Å². The van der Waals surface area contributed by atoms with E-state index in [0.717, 1.165) is 35.7 Å². The van der Waals surface area contributed by atoms with Crippen LogP contribution in [0.5, 0.6) is 0 Å². The van der Waals surface area contributed by atoms with E-state index in [4.69, 9.17) is 12.2 Å². The molecular formula is C15H20N2S. The molecule has 96 valence electrons. The Morgan fingerprint density at radius 3 is 2.11 bits per heavy atom. The van der Waals surface area contributed by atoms with E-state index in [9.17, 15) is 0 Å². The number of benzene rings is 1. The first-order valence-corrected chi connectivity index (χ1v) is 7.33. The van der Waals surface area contributed by atoms with Gasteiger partial charge in [-0.15, -0.1) is 0 Å². The molecule has 2 aliphatic rings. The van der Waals surface area contributed by atoms with Crippen LogP contribution in [0.25, 0.3) is 0 Å². The first kappa shape index (κ1) is 12.0. The molecule has 0 unspecified atom stereocenters. The molecule has 0 saturated heterocycles. The maximum Gasteiger partial charge on any atom is 0.173 e. The van der Waals surface area contributed by atoms with Crippen molar-refractivity contribution in [2.45, 2.75) is 25.7 Å². The smallest absolute Gasteiger partial charge is 0.173 e. The van der Waals surface area contributed by atoms with Crippen LogP contribution < -0.4 is 5.32 Å². The van der Waals surface area contributed by atoms with Crippen LogP contribution in [0.2, 0.25) is 0 Å². The Bertz CT molecular complexity index is 396. The fourth-order valence-corrected chi connectivity index (χ4v) is 2.46. The zero-order valence-corrected chi connectivity index (χ0v) is 11.5. The quantitative estimate of drug-likeness (QED) is 0.816. The molecule has 0 amide bonds. The number of nitrogens with zero attached hydrogens (tertiary/aromatic N) is 1. The van der Waals surface area contributed by atoms with Crippen LogP contribution in [0.4, 0.5) is 5.69 Å². The van der Waals surface area contributed by atoms with Crippen LogP contribution >= 0.6 is 12.2 Å². The molecule has 18 heavy (non-hydrogen) atoms. The van der Waals surface area contributed by atoms with E-state index in [2.05, 4.69) is 22.3 Å². The van der Waals surface area contributed by atoms with Gasteiger partial charge in [0, 0.05) is 18.8 Å². The highest BCUT2D eigenvalue weighted by atomic mass is 32.1. The van der Waals surface area contributed by atoms with Crippen LogP contribution in [0.15, 0.2) is 30.3 Å². The fourth-order valence-electron chi connectivity index (χ4n) is 2.19. The summed E-state index contributed by atoms with van der Waals surface area (Å²) in [6.45, 7) is 2.30. The first-order valence-electron chi connectivity index (χ1n) is 6.92. The molecule has 1 aromatic rings. The second-order valence-electron chi connectivity index (χ2n) is 5.59. The average Bonchev–Trinajstić information content (AvgIpc) is 3.24. The molecule has 0 bridgehead atoms. The van der Waals surface area contributed by atoms with Gasteiger partial charge >= 0.3 is 0 Å². The van der Waals surface area contributed by atoms with Crippen molar-refractivity contribution < 1.29 is 0 Å². The van der Waals surface area contributed by atoms with E-state index < -0.39 is 0 Å². The molecule has 0 aromatic heterocycles. The van der Waals surface area contributed by atoms with Gasteiger partial charge < -0.3 is 10.2 Å². The number of nitrogens with one attached hydrogen (secondary N) is 1. The van der Waals surface area contributed by atoms with Crippen LogP contribution in [-0.2, 0) is 0 Å². The van der Waals surface area contributed by atoms with Crippen molar-refractivity contribution in [1.29, 1.82) is 0 Å². The molecule has 2 aliphatic carbocycles. The van der Waals surface area contributed by atoms with Gasteiger partial charge in [-0.3, -0.25) is 0 Å². The summed E-state index contributed by atoms with van der Waals surface area (Å²) in [5, 5.41) is 4.27. The van der Waals surface area contributed by atoms with Crippen LogP contribution in [0, 0.1) is 11.8 Å².